The molecular weight excluding hydrogens is 210 g/mol. The molecule has 5 nitrogen and oxygen atoms in total. The van der Waals surface area contributed by atoms with Gasteiger partial charge in [-0.1, -0.05) is 0 Å². The quantitative estimate of drug-likeness (QED) is 0.740. The maximum absolute atomic E-state index is 11.8. The number of carboxylic acid groups (broad SMARTS) is 1. The van der Waals surface area contributed by atoms with Gasteiger partial charge in [0.15, 0.2) is 0 Å². The number of amides is 1. The lowest BCUT2D eigenvalue weighted by molar-refractivity contribution is -0.143. The van der Waals surface area contributed by atoms with Crippen LogP contribution in [0, 0.1) is 0 Å². The predicted octanol–water partition coefficient (Wildman–Crippen LogP) is 0.613. The van der Waals surface area contributed by atoms with Gasteiger partial charge in [0.05, 0.1) is 18.6 Å². The highest BCUT2D eigenvalue weighted by Gasteiger charge is 2.29. The molecule has 16 heavy (non-hydrogen) atoms. The molecule has 5 heteroatoms. The van der Waals surface area contributed by atoms with Crippen molar-refractivity contribution < 1.29 is 19.8 Å². The van der Waals surface area contributed by atoms with Crippen LogP contribution in [0.4, 0.5) is 0 Å². The third-order valence-electron chi connectivity index (χ3n) is 2.98. The number of aliphatic carboxylic acids is 1. The minimum absolute atomic E-state index is 0.0263. The van der Waals surface area contributed by atoms with E-state index < -0.39 is 12.1 Å². The number of rotatable bonds is 4. The second-order valence-corrected chi connectivity index (χ2v) is 4.28. The minimum Gasteiger partial charge on any atom is -0.481 e. The van der Waals surface area contributed by atoms with Crippen LogP contribution in [0.25, 0.3) is 0 Å². The zero-order valence-corrected chi connectivity index (χ0v) is 9.56. The Hall–Kier alpha value is -1.10. The largest absolute Gasteiger partial charge is 0.481 e. The molecule has 2 atom stereocenters. The lowest BCUT2D eigenvalue weighted by atomic mass is 9.97. The van der Waals surface area contributed by atoms with Gasteiger partial charge in [0, 0.05) is 13.0 Å². The Balaban J connectivity index is 2.53. The van der Waals surface area contributed by atoms with Gasteiger partial charge in [0.25, 0.3) is 0 Å². The third-order valence-corrected chi connectivity index (χ3v) is 2.98. The topological polar surface area (TPSA) is 77.8 Å². The Morgan fingerprint density at radius 1 is 1.38 bits per heavy atom. The van der Waals surface area contributed by atoms with Crippen LogP contribution in [0.2, 0.25) is 0 Å². The van der Waals surface area contributed by atoms with Gasteiger partial charge in [-0.25, -0.2) is 0 Å². The monoisotopic (exact) mass is 229 g/mol. The van der Waals surface area contributed by atoms with Crippen molar-refractivity contribution in [1.82, 2.24) is 4.90 Å². The van der Waals surface area contributed by atoms with Crippen molar-refractivity contribution in [3.8, 4) is 0 Å². The van der Waals surface area contributed by atoms with E-state index in [0.717, 1.165) is 19.3 Å². The molecule has 0 aromatic rings. The summed E-state index contributed by atoms with van der Waals surface area (Å²) in [4.78, 5) is 23.8. The summed E-state index contributed by atoms with van der Waals surface area (Å²) in [5.74, 6) is -1.12. The number of aliphatic hydroxyl groups is 1. The summed E-state index contributed by atoms with van der Waals surface area (Å²) in [6.45, 7) is 2.31. The van der Waals surface area contributed by atoms with Crippen LogP contribution in [0.1, 0.15) is 39.0 Å². The van der Waals surface area contributed by atoms with Gasteiger partial charge >= 0.3 is 5.97 Å². The molecule has 92 valence electrons. The number of carbonyl (C=O) groups excluding carboxylic acids is 1. The van der Waals surface area contributed by atoms with Crippen molar-refractivity contribution in [3.05, 3.63) is 0 Å². The van der Waals surface area contributed by atoms with E-state index in [1.54, 1.807) is 11.8 Å². The molecule has 1 aliphatic heterocycles. The Kier molecular flexibility index (Phi) is 4.73. The molecule has 0 aromatic heterocycles. The summed E-state index contributed by atoms with van der Waals surface area (Å²) < 4.78 is 0. The molecule has 0 bridgehead atoms. The summed E-state index contributed by atoms with van der Waals surface area (Å²) in [6.07, 6.45) is 2.09. The van der Waals surface area contributed by atoms with Gasteiger partial charge in [-0.2, -0.15) is 0 Å². The Labute approximate surface area is 95.1 Å². The molecule has 0 aliphatic carbocycles. The van der Waals surface area contributed by atoms with Gasteiger partial charge in [-0.15, -0.1) is 0 Å². The second-order valence-electron chi connectivity index (χ2n) is 4.28. The number of hydrogen-bond donors (Lipinski definition) is 2. The zero-order chi connectivity index (χ0) is 12.1. The van der Waals surface area contributed by atoms with Gasteiger partial charge in [-0.05, 0) is 26.2 Å². The smallest absolute Gasteiger partial charge is 0.303 e. The number of nitrogens with zero attached hydrogens (tertiary/aromatic N) is 1. The van der Waals surface area contributed by atoms with E-state index in [-0.39, 0.29) is 24.8 Å². The first-order valence-electron chi connectivity index (χ1n) is 5.71. The molecule has 1 rings (SSSR count). The summed E-state index contributed by atoms with van der Waals surface area (Å²) in [6, 6.07) is -0.143. The zero-order valence-electron chi connectivity index (χ0n) is 9.56. The molecule has 0 radical (unpaired) electrons. The molecule has 0 spiro atoms. The number of likely N-dealkylation sites (tertiary alicyclic amines) is 1. The lowest BCUT2D eigenvalue weighted by Gasteiger charge is -2.37. The summed E-state index contributed by atoms with van der Waals surface area (Å²) >= 11 is 0. The molecule has 2 N–H and O–H groups in total. The minimum atomic E-state index is -0.959. The first-order valence-corrected chi connectivity index (χ1v) is 5.71. The van der Waals surface area contributed by atoms with Gasteiger partial charge < -0.3 is 15.1 Å². The highest BCUT2D eigenvalue weighted by atomic mass is 16.4. The summed E-state index contributed by atoms with van der Waals surface area (Å²) in [5, 5.41) is 18.1. The van der Waals surface area contributed by atoms with E-state index >= 15 is 0 Å². The molecule has 0 aromatic carbocycles. The number of hydrogen-bond acceptors (Lipinski definition) is 3. The Bertz CT molecular complexity index is 265. The molecule has 1 fully saturated rings. The van der Waals surface area contributed by atoms with Crippen molar-refractivity contribution in [2.75, 3.05) is 6.54 Å². The second kappa shape index (κ2) is 5.84. The van der Waals surface area contributed by atoms with Gasteiger partial charge in [-0.3, -0.25) is 9.59 Å². The Morgan fingerprint density at radius 3 is 2.62 bits per heavy atom. The number of carbonyl (C=O) groups is 2. The summed E-state index contributed by atoms with van der Waals surface area (Å²) in [7, 11) is 0. The first kappa shape index (κ1) is 13.0. The average Bonchev–Trinajstić information content (AvgIpc) is 2.25. The fourth-order valence-electron chi connectivity index (χ4n) is 2.13. The highest BCUT2D eigenvalue weighted by molar-refractivity contribution is 5.81. The van der Waals surface area contributed by atoms with E-state index in [1.165, 1.54) is 0 Å². The van der Waals surface area contributed by atoms with Gasteiger partial charge in [0.1, 0.15) is 0 Å². The SMILES string of the molecule is CC(O)C1CCCCN1C(=O)CCC(=O)O. The highest BCUT2D eigenvalue weighted by Crippen LogP contribution is 2.20. The van der Waals surface area contributed by atoms with Crippen molar-refractivity contribution in [1.29, 1.82) is 0 Å². The van der Waals surface area contributed by atoms with Crippen LogP contribution in [0.15, 0.2) is 0 Å². The summed E-state index contributed by atoms with van der Waals surface area (Å²) in [5.41, 5.74) is 0. The molecule has 2 unspecified atom stereocenters. The van der Waals surface area contributed by atoms with Crippen LogP contribution in [0.3, 0.4) is 0 Å². The van der Waals surface area contributed by atoms with E-state index in [0.29, 0.717) is 6.54 Å². The fourth-order valence-corrected chi connectivity index (χ4v) is 2.13. The standard InChI is InChI=1S/C11H19NO4/c1-8(13)9-4-2-3-7-12(9)10(14)5-6-11(15)16/h8-9,13H,2-7H2,1H3,(H,15,16). The molecule has 0 saturated carbocycles. The number of aliphatic hydroxyl groups excluding tert-OH is 1. The Morgan fingerprint density at radius 2 is 2.06 bits per heavy atom. The van der Waals surface area contributed by atoms with Crippen molar-refractivity contribution in [3.63, 3.8) is 0 Å². The van der Waals surface area contributed by atoms with Crippen molar-refractivity contribution in [2.45, 2.75) is 51.2 Å². The van der Waals surface area contributed by atoms with Crippen molar-refractivity contribution in [2.24, 2.45) is 0 Å². The van der Waals surface area contributed by atoms with Crippen LogP contribution >= 0.6 is 0 Å². The van der Waals surface area contributed by atoms with Crippen LogP contribution in [0.5, 0.6) is 0 Å². The van der Waals surface area contributed by atoms with Crippen LogP contribution in [-0.2, 0) is 9.59 Å². The van der Waals surface area contributed by atoms with E-state index in [1.807, 2.05) is 0 Å². The molecule has 1 heterocycles. The molecule has 1 saturated heterocycles. The molecule has 1 amide bonds. The molecular formula is C11H19NO4. The van der Waals surface area contributed by atoms with E-state index in [2.05, 4.69) is 0 Å². The van der Waals surface area contributed by atoms with Crippen LogP contribution in [-0.4, -0.2) is 45.7 Å². The van der Waals surface area contributed by atoms with Crippen molar-refractivity contribution >= 4 is 11.9 Å². The predicted molar refractivity (Wildman–Crippen MR) is 57.9 cm³/mol. The number of carboxylic acids is 1. The molecule has 1 aliphatic rings. The third kappa shape index (κ3) is 3.48. The maximum atomic E-state index is 11.8. The first-order chi connectivity index (χ1) is 7.52. The van der Waals surface area contributed by atoms with E-state index in [9.17, 15) is 14.7 Å². The number of piperidine rings is 1. The fraction of sp³-hybridized carbons (Fsp3) is 0.818. The van der Waals surface area contributed by atoms with E-state index in [4.69, 9.17) is 5.11 Å². The maximum Gasteiger partial charge on any atom is 0.303 e. The normalized spacial score (nSPS) is 22.9. The lowest BCUT2D eigenvalue weighted by Crippen LogP contribution is -2.48. The van der Waals surface area contributed by atoms with Crippen LogP contribution < -0.4 is 0 Å². The van der Waals surface area contributed by atoms with Gasteiger partial charge in [0.2, 0.25) is 5.91 Å². The average molecular weight is 229 g/mol.